The van der Waals surface area contributed by atoms with Crippen LogP contribution in [0.5, 0.6) is 0 Å². The van der Waals surface area contributed by atoms with Gasteiger partial charge in [0.15, 0.2) is 0 Å². The lowest BCUT2D eigenvalue weighted by Crippen LogP contribution is -2.28. The second-order valence-corrected chi connectivity index (χ2v) is 7.13. The topological polar surface area (TPSA) is 111 Å². The maximum Gasteiger partial charge on any atom is 0.414 e. The normalized spacial score (nSPS) is 14.3. The largest absolute Gasteiger partial charge is 0.447 e. The molecule has 10 heteroatoms. The van der Waals surface area contributed by atoms with Crippen LogP contribution in [0.2, 0.25) is 0 Å². The van der Waals surface area contributed by atoms with Crippen molar-refractivity contribution in [2.45, 2.75) is 26.4 Å². The molecule has 0 unspecified atom stereocenters. The highest BCUT2D eigenvalue weighted by molar-refractivity contribution is 14.1. The monoisotopic (exact) mass is 449 g/mol. The zero-order valence-electron chi connectivity index (χ0n) is 13.3. The van der Waals surface area contributed by atoms with E-state index in [1.807, 2.05) is 22.6 Å². The zero-order valence-corrected chi connectivity index (χ0v) is 15.4. The Balaban J connectivity index is 2.38. The summed E-state index contributed by atoms with van der Waals surface area (Å²) in [6.45, 7) is 5.61. The Morgan fingerprint density at radius 2 is 2.12 bits per heavy atom. The summed E-state index contributed by atoms with van der Waals surface area (Å²) in [5, 5.41) is 13.6. The minimum atomic E-state index is -0.818. The van der Waals surface area contributed by atoms with E-state index in [2.05, 4.69) is 5.32 Å². The molecule has 1 aromatic carbocycles. The molecule has 2 rings (SSSR count). The van der Waals surface area contributed by atoms with Crippen LogP contribution in [0.25, 0.3) is 0 Å². The van der Waals surface area contributed by atoms with Crippen LogP contribution in [0.4, 0.5) is 26.7 Å². The number of hydrogen-bond acceptors (Lipinski definition) is 6. The first-order valence-corrected chi connectivity index (χ1v) is 8.08. The summed E-state index contributed by atoms with van der Waals surface area (Å²) in [6.07, 6.45) is -1.35. The molecule has 1 saturated heterocycles. The van der Waals surface area contributed by atoms with E-state index < -0.39 is 22.7 Å². The van der Waals surface area contributed by atoms with E-state index in [0.717, 1.165) is 0 Å². The molecule has 0 atom stereocenters. The van der Waals surface area contributed by atoms with Gasteiger partial charge in [0.25, 0.3) is 5.69 Å². The standard InChI is InChI=1S/C14H16IN3O6/c1-14(2,3)24-12(19)16-9-7-10(17-4-5-23-13(17)20)8(15)6-11(9)18(21)22/h6-7H,4-5H2,1-3H3,(H,16,19). The Bertz CT molecular complexity index is 700. The van der Waals surface area contributed by atoms with E-state index in [-0.39, 0.29) is 18.0 Å². The van der Waals surface area contributed by atoms with E-state index in [0.29, 0.717) is 15.8 Å². The van der Waals surface area contributed by atoms with Gasteiger partial charge in [-0.25, -0.2) is 9.59 Å². The fourth-order valence-corrected chi connectivity index (χ4v) is 2.78. The Morgan fingerprint density at radius 3 is 2.62 bits per heavy atom. The van der Waals surface area contributed by atoms with E-state index in [9.17, 15) is 19.7 Å². The Labute approximate surface area is 151 Å². The molecule has 2 amide bonds. The molecule has 1 fully saturated rings. The first-order valence-electron chi connectivity index (χ1n) is 7.01. The second kappa shape index (κ2) is 6.79. The van der Waals surface area contributed by atoms with E-state index in [1.165, 1.54) is 17.0 Å². The second-order valence-electron chi connectivity index (χ2n) is 5.97. The summed E-state index contributed by atoms with van der Waals surface area (Å²) in [5.74, 6) is 0. The molecular formula is C14H16IN3O6. The number of carbonyl (C=O) groups is 2. The van der Waals surface area contributed by atoms with Gasteiger partial charge in [0, 0.05) is 9.64 Å². The predicted molar refractivity (Wildman–Crippen MR) is 94.4 cm³/mol. The molecule has 9 nitrogen and oxygen atoms in total. The zero-order chi connectivity index (χ0) is 18.1. The third-order valence-electron chi connectivity index (χ3n) is 2.95. The van der Waals surface area contributed by atoms with Crippen LogP contribution in [-0.4, -0.2) is 35.9 Å². The number of carbonyl (C=O) groups excluding carboxylic acids is 2. The summed E-state index contributed by atoms with van der Waals surface area (Å²) >= 11 is 1.89. The van der Waals surface area contributed by atoms with Crippen LogP contribution in [0, 0.1) is 13.7 Å². The van der Waals surface area contributed by atoms with Crippen LogP contribution in [0.1, 0.15) is 20.8 Å². The molecular weight excluding hydrogens is 433 g/mol. The molecule has 24 heavy (non-hydrogen) atoms. The van der Waals surface area contributed by atoms with Gasteiger partial charge in [0.05, 0.1) is 17.2 Å². The minimum Gasteiger partial charge on any atom is -0.447 e. The molecule has 0 aliphatic carbocycles. The van der Waals surface area contributed by atoms with Crippen LogP contribution in [0.3, 0.4) is 0 Å². The third-order valence-corrected chi connectivity index (χ3v) is 3.81. The lowest BCUT2D eigenvalue weighted by atomic mass is 10.2. The van der Waals surface area contributed by atoms with Crippen molar-refractivity contribution in [3.8, 4) is 0 Å². The van der Waals surface area contributed by atoms with Crippen molar-refractivity contribution in [2.24, 2.45) is 0 Å². The highest BCUT2D eigenvalue weighted by Gasteiger charge is 2.29. The summed E-state index contributed by atoms with van der Waals surface area (Å²) in [6, 6.07) is 2.66. The molecule has 0 spiro atoms. The molecule has 0 radical (unpaired) electrons. The van der Waals surface area contributed by atoms with Gasteiger partial charge in [0.1, 0.15) is 17.9 Å². The number of nitrogens with one attached hydrogen (secondary N) is 1. The molecule has 0 aromatic heterocycles. The Kier molecular flexibility index (Phi) is 5.16. The number of ether oxygens (including phenoxy) is 2. The van der Waals surface area contributed by atoms with Gasteiger partial charge in [-0.15, -0.1) is 0 Å². The molecule has 1 N–H and O–H groups in total. The number of nitro benzene ring substituents is 1. The first-order chi connectivity index (χ1) is 11.1. The molecule has 0 saturated carbocycles. The molecule has 0 bridgehead atoms. The minimum absolute atomic E-state index is 0.0515. The number of nitro groups is 1. The van der Waals surface area contributed by atoms with Gasteiger partial charge in [-0.3, -0.25) is 20.3 Å². The number of nitrogens with zero attached hydrogens (tertiary/aromatic N) is 2. The summed E-state index contributed by atoms with van der Waals surface area (Å²) in [7, 11) is 0. The van der Waals surface area contributed by atoms with Gasteiger partial charge >= 0.3 is 12.2 Å². The summed E-state index contributed by atoms with van der Waals surface area (Å²) in [5.41, 5.74) is -0.662. The lowest BCUT2D eigenvalue weighted by Gasteiger charge is -2.20. The number of benzene rings is 1. The fourth-order valence-electron chi connectivity index (χ4n) is 2.04. The van der Waals surface area contributed by atoms with Gasteiger partial charge in [-0.1, -0.05) is 0 Å². The van der Waals surface area contributed by atoms with Crippen LogP contribution in [0.15, 0.2) is 12.1 Å². The molecule has 1 aliphatic heterocycles. The fraction of sp³-hybridized carbons (Fsp3) is 0.429. The third kappa shape index (κ3) is 4.24. The number of rotatable bonds is 3. The van der Waals surface area contributed by atoms with Crippen molar-refractivity contribution in [1.29, 1.82) is 0 Å². The summed E-state index contributed by atoms with van der Waals surface area (Å²) < 4.78 is 10.5. The molecule has 1 heterocycles. The smallest absolute Gasteiger partial charge is 0.414 e. The quantitative estimate of drug-likeness (QED) is 0.430. The van der Waals surface area contributed by atoms with Gasteiger partial charge in [-0.2, -0.15) is 0 Å². The van der Waals surface area contributed by atoms with Crippen LogP contribution >= 0.6 is 22.6 Å². The number of hydrogen-bond donors (Lipinski definition) is 1. The highest BCUT2D eigenvalue weighted by atomic mass is 127. The highest BCUT2D eigenvalue weighted by Crippen LogP contribution is 2.35. The average molecular weight is 449 g/mol. The SMILES string of the molecule is CC(C)(C)OC(=O)Nc1cc(N2CCOC2=O)c(I)cc1[N+](=O)[O-]. The van der Waals surface area contributed by atoms with Crippen molar-refractivity contribution in [2.75, 3.05) is 23.4 Å². The van der Waals surface area contributed by atoms with E-state index in [1.54, 1.807) is 20.8 Å². The first kappa shape index (κ1) is 18.2. The number of halogens is 1. The van der Waals surface area contributed by atoms with Gasteiger partial charge < -0.3 is 9.47 Å². The summed E-state index contributed by atoms with van der Waals surface area (Å²) in [4.78, 5) is 35.6. The Morgan fingerprint density at radius 1 is 1.46 bits per heavy atom. The van der Waals surface area contributed by atoms with E-state index in [4.69, 9.17) is 9.47 Å². The van der Waals surface area contributed by atoms with Gasteiger partial charge in [0.2, 0.25) is 0 Å². The average Bonchev–Trinajstić information content (AvgIpc) is 2.84. The number of cyclic esters (lactones) is 1. The van der Waals surface area contributed by atoms with Crippen molar-refractivity contribution in [1.82, 2.24) is 0 Å². The van der Waals surface area contributed by atoms with Crippen LogP contribution in [-0.2, 0) is 9.47 Å². The molecule has 1 aromatic rings. The predicted octanol–water partition coefficient (Wildman–Crippen LogP) is 3.50. The number of amides is 2. The van der Waals surface area contributed by atoms with Crippen molar-refractivity contribution < 1.29 is 24.0 Å². The Hall–Kier alpha value is -2.11. The van der Waals surface area contributed by atoms with Crippen LogP contribution < -0.4 is 10.2 Å². The lowest BCUT2D eigenvalue weighted by molar-refractivity contribution is -0.384. The molecule has 1 aliphatic rings. The van der Waals surface area contributed by atoms with Crippen molar-refractivity contribution >= 4 is 51.8 Å². The maximum atomic E-state index is 11.9. The van der Waals surface area contributed by atoms with Crippen molar-refractivity contribution in [3.63, 3.8) is 0 Å². The molecule has 130 valence electrons. The maximum absolute atomic E-state index is 11.9. The van der Waals surface area contributed by atoms with E-state index >= 15 is 0 Å². The number of anilines is 2. The van der Waals surface area contributed by atoms with Crippen molar-refractivity contribution in [3.05, 3.63) is 25.8 Å². The van der Waals surface area contributed by atoms with Gasteiger partial charge in [-0.05, 0) is 49.4 Å².